The van der Waals surface area contributed by atoms with Gasteiger partial charge in [0.1, 0.15) is 0 Å². The first-order valence-corrected chi connectivity index (χ1v) is 11.0. The maximum Gasteiger partial charge on any atom is 0.226 e. The average molecular weight is 430 g/mol. The van der Waals surface area contributed by atoms with E-state index in [0.29, 0.717) is 17.0 Å². The second kappa shape index (κ2) is 8.65. The molecule has 4 rings (SSSR count). The molecule has 6 nitrogen and oxygen atoms in total. The van der Waals surface area contributed by atoms with Crippen LogP contribution in [0.1, 0.15) is 26.7 Å². The molecule has 1 saturated heterocycles. The van der Waals surface area contributed by atoms with Crippen LogP contribution in [0.2, 0.25) is 5.02 Å². The van der Waals surface area contributed by atoms with Crippen molar-refractivity contribution >= 4 is 34.0 Å². The van der Waals surface area contributed by atoms with Crippen molar-refractivity contribution in [3.8, 4) is 21.8 Å². The molecule has 1 fully saturated rings. The lowest BCUT2D eigenvalue weighted by Gasteiger charge is -2.30. The van der Waals surface area contributed by atoms with Crippen LogP contribution < -0.4 is 10.2 Å². The van der Waals surface area contributed by atoms with Gasteiger partial charge in [0.25, 0.3) is 0 Å². The molecule has 29 heavy (non-hydrogen) atoms. The van der Waals surface area contributed by atoms with Crippen LogP contribution in [0.3, 0.4) is 0 Å². The van der Waals surface area contributed by atoms with Crippen molar-refractivity contribution in [3.05, 3.63) is 41.6 Å². The van der Waals surface area contributed by atoms with Crippen LogP contribution >= 0.6 is 22.9 Å². The van der Waals surface area contributed by atoms with Gasteiger partial charge >= 0.3 is 0 Å². The lowest BCUT2D eigenvalue weighted by molar-refractivity contribution is 0.145. The fourth-order valence-corrected chi connectivity index (χ4v) is 4.44. The maximum absolute atomic E-state index is 9.85. The van der Waals surface area contributed by atoms with E-state index < -0.39 is 0 Å². The Balaban J connectivity index is 1.76. The summed E-state index contributed by atoms with van der Waals surface area (Å²) in [5, 5.41) is 14.7. The quantitative estimate of drug-likeness (QED) is 0.612. The van der Waals surface area contributed by atoms with Gasteiger partial charge in [-0.2, -0.15) is 0 Å². The molecule has 2 aromatic heterocycles. The molecular formula is C21H24ClN5OS. The van der Waals surface area contributed by atoms with Crippen molar-refractivity contribution < 1.29 is 5.11 Å². The van der Waals surface area contributed by atoms with Crippen molar-refractivity contribution in [1.82, 2.24) is 15.0 Å². The highest BCUT2D eigenvalue weighted by Crippen LogP contribution is 2.34. The zero-order valence-electron chi connectivity index (χ0n) is 16.5. The number of hydrogen-bond acceptors (Lipinski definition) is 7. The molecule has 1 aromatic carbocycles. The van der Waals surface area contributed by atoms with E-state index in [-0.39, 0.29) is 6.10 Å². The van der Waals surface area contributed by atoms with Crippen LogP contribution in [0, 0.1) is 0 Å². The zero-order chi connectivity index (χ0) is 20.4. The molecule has 0 unspecified atom stereocenters. The Morgan fingerprint density at radius 1 is 1.17 bits per heavy atom. The third kappa shape index (κ3) is 4.69. The number of benzene rings is 1. The Kier molecular flexibility index (Phi) is 5.99. The number of anilines is 2. The molecule has 0 atom stereocenters. The van der Waals surface area contributed by atoms with E-state index >= 15 is 0 Å². The van der Waals surface area contributed by atoms with Crippen LogP contribution in [-0.2, 0) is 0 Å². The summed E-state index contributed by atoms with van der Waals surface area (Å²) in [5.41, 5.74) is 2.49. The Morgan fingerprint density at radius 3 is 2.62 bits per heavy atom. The monoisotopic (exact) mass is 429 g/mol. The Morgan fingerprint density at radius 2 is 1.90 bits per heavy atom. The highest BCUT2D eigenvalue weighted by Gasteiger charge is 2.21. The van der Waals surface area contributed by atoms with Crippen molar-refractivity contribution in [1.29, 1.82) is 0 Å². The molecule has 0 bridgehead atoms. The molecule has 1 aliphatic heterocycles. The van der Waals surface area contributed by atoms with Gasteiger partial charge in [0, 0.05) is 35.9 Å². The summed E-state index contributed by atoms with van der Waals surface area (Å²) in [6, 6.07) is 9.98. The second-order valence-electron chi connectivity index (χ2n) is 7.47. The van der Waals surface area contributed by atoms with E-state index in [9.17, 15) is 5.11 Å². The number of nitrogens with one attached hydrogen (secondary N) is 1. The summed E-state index contributed by atoms with van der Waals surface area (Å²) < 4.78 is 0. The van der Waals surface area contributed by atoms with E-state index in [1.54, 1.807) is 11.3 Å². The number of rotatable bonds is 5. The third-order valence-corrected chi connectivity index (χ3v) is 6.06. The van der Waals surface area contributed by atoms with Gasteiger partial charge in [0.2, 0.25) is 5.95 Å². The van der Waals surface area contributed by atoms with E-state index in [1.165, 1.54) is 0 Å². The molecule has 8 heteroatoms. The molecule has 152 valence electrons. The molecule has 0 spiro atoms. The topological polar surface area (TPSA) is 74.2 Å². The molecule has 3 aromatic rings. The van der Waals surface area contributed by atoms with E-state index in [0.717, 1.165) is 52.9 Å². The van der Waals surface area contributed by atoms with Gasteiger partial charge in [-0.3, -0.25) is 0 Å². The summed E-state index contributed by atoms with van der Waals surface area (Å²) in [7, 11) is 0. The molecule has 0 amide bonds. The van der Waals surface area contributed by atoms with Gasteiger partial charge in [0.15, 0.2) is 5.13 Å². The van der Waals surface area contributed by atoms with Gasteiger partial charge in [0.05, 0.1) is 22.4 Å². The number of thiazole rings is 1. The minimum absolute atomic E-state index is 0.247. The summed E-state index contributed by atoms with van der Waals surface area (Å²) >= 11 is 8.02. The molecule has 0 aliphatic carbocycles. The van der Waals surface area contributed by atoms with Crippen LogP contribution in [-0.4, -0.2) is 45.3 Å². The minimum atomic E-state index is -0.247. The van der Waals surface area contributed by atoms with Crippen LogP contribution in [0.15, 0.2) is 36.5 Å². The minimum Gasteiger partial charge on any atom is -0.393 e. The van der Waals surface area contributed by atoms with Crippen LogP contribution in [0.4, 0.5) is 11.1 Å². The Bertz CT molecular complexity index is 985. The summed E-state index contributed by atoms with van der Waals surface area (Å²) in [4.78, 5) is 17.2. The summed E-state index contributed by atoms with van der Waals surface area (Å²) in [6.07, 6.45) is 3.04. The van der Waals surface area contributed by atoms with Crippen molar-refractivity contribution in [3.63, 3.8) is 0 Å². The SMILES string of the molecule is CC(C)Nc1ncc(-c2cc(-c3ccccc3Cl)nc(N3CCC(O)CC3)n2)s1. The predicted molar refractivity (Wildman–Crippen MR) is 120 cm³/mol. The highest BCUT2D eigenvalue weighted by atomic mass is 35.5. The first kappa shape index (κ1) is 20.1. The van der Waals surface area contributed by atoms with Crippen molar-refractivity contribution in [2.75, 3.05) is 23.3 Å². The smallest absolute Gasteiger partial charge is 0.226 e. The number of aromatic nitrogens is 3. The van der Waals surface area contributed by atoms with Gasteiger partial charge in [-0.15, -0.1) is 0 Å². The van der Waals surface area contributed by atoms with E-state index in [1.807, 2.05) is 36.5 Å². The summed E-state index contributed by atoms with van der Waals surface area (Å²) in [6.45, 7) is 5.64. The third-order valence-electron chi connectivity index (χ3n) is 4.78. The Hall–Kier alpha value is -2.22. The number of aliphatic hydroxyl groups excluding tert-OH is 1. The van der Waals surface area contributed by atoms with Gasteiger partial charge in [-0.25, -0.2) is 15.0 Å². The largest absolute Gasteiger partial charge is 0.393 e. The van der Waals surface area contributed by atoms with E-state index in [2.05, 4.69) is 29.0 Å². The summed E-state index contributed by atoms with van der Waals surface area (Å²) in [5.74, 6) is 0.663. The average Bonchev–Trinajstić information content (AvgIpc) is 3.16. The molecule has 0 saturated carbocycles. The van der Waals surface area contributed by atoms with E-state index in [4.69, 9.17) is 21.6 Å². The second-order valence-corrected chi connectivity index (χ2v) is 8.90. The fraction of sp³-hybridized carbons (Fsp3) is 0.381. The number of nitrogens with zero attached hydrogens (tertiary/aromatic N) is 4. The van der Waals surface area contributed by atoms with Crippen molar-refractivity contribution in [2.45, 2.75) is 38.8 Å². The van der Waals surface area contributed by atoms with Crippen LogP contribution in [0.5, 0.6) is 0 Å². The van der Waals surface area contributed by atoms with Gasteiger partial charge in [-0.1, -0.05) is 41.1 Å². The molecular weight excluding hydrogens is 406 g/mol. The molecule has 2 N–H and O–H groups in total. The molecule has 1 aliphatic rings. The number of piperidine rings is 1. The number of aliphatic hydroxyl groups is 1. The standard InChI is InChI=1S/C21H24ClN5OS/c1-13(2)24-21-23-12-19(29-21)18-11-17(15-5-3-4-6-16(15)22)25-20(26-18)27-9-7-14(28)8-10-27/h3-6,11-14,28H,7-10H2,1-2H3,(H,23,24). The Labute approximate surface area is 179 Å². The number of hydrogen-bond donors (Lipinski definition) is 2. The first-order chi connectivity index (χ1) is 14.0. The highest BCUT2D eigenvalue weighted by molar-refractivity contribution is 7.18. The maximum atomic E-state index is 9.85. The molecule has 3 heterocycles. The zero-order valence-corrected chi connectivity index (χ0v) is 18.0. The van der Waals surface area contributed by atoms with Gasteiger partial charge in [-0.05, 0) is 38.8 Å². The normalized spacial score (nSPS) is 15.1. The van der Waals surface area contributed by atoms with Crippen molar-refractivity contribution in [2.24, 2.45) is 0 Å². The van der Waals surface area contributed by atoms with Crippen LogP contribution in [0.25, 0.3) is 21.8 Å². The lowest BCUT2D eigenvalue weighted by Crippen LogP contribution is -2.37. The molecule has 0 radical (unpaired) electrons. The fourth-order valence-electron chi connectivity index (χ4n) is 3.28. The first-order valence-electron chi connectivity index (χ1n) is 9.79. The predicted octanol–water partition coefficient (Wildman–Crippen LogP) is 4.70. The lowest BCUT2D eigenvalue weighted by atomic mass is 10.1. The van der Waals surface area contributed by atoms with Gasteiger partial charge < -0.3 is 15.3 Å². The number of halogens is 1.